The Morgan fingerprint density at radius 3 is 2.74 bits per heavy atom. The van der Waals surface area contributed by atoms with Crippen molar-refractivity contribution in [2.24, 2.45) is 11.7 Å². The number of hydrogen-bond donors (Lipinski definition) is 1. The number of nitrogens with two attached hydrogens (primary N) is 1. The summed E-state index contributed by atoms with van der Waals surface area (Å²) >= 11 is 0. The number of sulfonamides is 1. The molecule has 1 aliphatic rings. The molecule has 1 atom stereocenters. The van der Waals surface area contributed by atoms with Gasteiger partial charge < -0.3 is 5.73 Å². The molecule has 1 fully saturated rings. The topological polar surface area (TPSA) is 63.4 Å². The van der Waals surface area contributed by atoms with Gasteiger partial charge in [0.1, 0.15) is 0 Å². The molecule has 0 aliphatic carbocycles. The molecule has 19 heavy (non-hydrogen) atoms. The third kappa shape index (κ3) is 3.09. The first-order valence-corrected chi connectivity index (χ1v) is 7.84. The molecule has 0 saturated carbocycles. The van der Waals surface area contributed by atoms with Gasteiger partial charge in [-0.15, -0.1) is 0 Å². The molecule has 1 aliphatic heterocycles. The first-order valence-electron chi connectivity index (χ1n) is 6.23. The van der Waals surface area contributed by atoms with E-state index >= 15 is 0 Å². The molecular formula is C14H18N2O2S. The average Bonchev–Trinajstić information content (AvgIpc) is 2.59. The molecule has 0 bridgehead atoms. The van der Waals surface area contributed by atoms with E-state index in [2.05, 4.69) is 11.8 Å². The maximum atomic E-state index is 12.1. The van der Waals surface area contributed by atoms with Crippen molar-refractivity contribution in [1.82, 2.24) is 0 Å². The van der Waals surface area contributed by atoms with Crippen molar-refractivity contribution in [2.45, 2.75) is 13.8 Å². The molecule has 0 radical (unpaired) electrons. The van der Waals surface area contributed by atoms with E-state index in [-0.39, 0.29) is 11.7 Å². The molecule has 2 N–H and O–H groups in total. The number of rotatable bonds is 1. The summed E-state index contributed by atoms with van der Waals surface area (Å²) in [6.07, 6.45) is 0. The van der Waals surface area contributed by atoms with Crippen molar-refractivity contribution in [2.75, 3.05) is 23.1 Å². The van der Waals surface area contributed by atoms with Gasteiger partial charge in [0.25, 0.3) is 0 Å². The Kier molecular flexibility index (Phi) is 3.83. The smallest absolute Gasteiger partial charge is 0.235 e. The third-order valence-electron chi connectivity index (χ3n) is 2.99. The van der Waals surface area contributed by atoms with Crippen LogP contribution in [-0.4, -0.2) is 27.3 Å². The average molecular weight is 278 g/mol. The second-order valence-corrected chi connectivity index (χ2v) is 6.92. The van der Waals surface area contributed by atoms with Crippen LogP contribution in [0.3, 0.4) is 0 Å². The summed E-state index contributed by atoms with van der Waals surface area (Å²) in [5.74, 6) is 6.11. The van der Waals surface area contributed by atoms with Crippen molar-refractivity contribution in [3.63, 3.8) is 0 Å². The van der Waals surface area contributed by atoms with Gasteiger partial charge in [0.2, 0.25) is 10.0 Å². The zero-order valence-electron chi connectivity index (χ0n) is 11.2. The van der Waals surface area contributed by atoms with Crippen LogP contribution in [0.25, 0.3) is 0 Å². The SMILES string of the molecule is Cc1cc(C#CCN)cc(N2CC(C)CS2(=O)=O)c1. The third-order valence-corrected chi connectivity index (χ3v) is 5.02. The number of benzene rings is 1. The zero-order chi connectivity index (χ0) is 14.0. The van der Waals surface area contributed by atoms with E-state index in [4.69, 9.17) is 5.73 Å². The predicted octanol–water partition coefficient (Wildman–Crippen LogP) is 1.09. The van der Waals surface area contributed by atoms with Gasteiger partial charge in [-0.2, -0.15) is 0 Å². The Morgan fingerprint density at radius 1 is 1.42 bits per heavy atom. The van der Waals surface area contributed by atoms with Crippen LogP contribution in [0, 0.1) is 24.7 Å². The van der Waals surface area contributed by atoms with Crippen molar-refractivity contribution in [3.8, 4) is 11.8 Å². The van der Waals surface area contributed by atoms with E-state index in [1.807, 2.05) is 32.0 Å². The Morgan fingerprint density at radius 2 is 2.16 bits per heavy atom. The summed E-state index contributed by atoms with van der Waals surface area (Å²) < 4.78 is 25.6. The molecule has 4 nitrogen and oxygen atoms in total. The molecule has 1 saturated heterocycles. The molecule has 0 aromatic heterocycles. The summed E-state index contributed by atoms with van der Waals surface area (Å²) in [5.41, 5.74) is 7.85. The predicted molar refractivity (Wildman–Crippen MR) is 77.4 cm³/mol. The minimum Gasteiger partial charge on any atom is -0.320 e. The van der Waals surface area contributed by atoms with E-state index in [1.165, 1.54) is 4.31 Å². The van der Waals surface area contributed by atoms with Crippen LogP contribution in [0.1, 0.15) is 18.1 Å². The van der Waals surface area contributed by atoms with Crippen LogP contribution in [-0.2, 0) is 10.0 Å². The Bertz CT molecular complexity index is 641. The van der Waals surface area contributed by atoms with Crippen molar-refractivity contribution < 1.29 is 8.42 Å². The Balaban J connectivity index is 2.43. The molecular weight excluding hydrogens is 260 g/mol. The molecule has 0 spiro atoms. The summed E-state index contributed by atoms with van der Waals surface area (Å²) in [4.78, 5) is 0. The van der Waals surface area contributed by atoms with Crippen molar-refractivity contribution >= 4 is 15.7 Å². The number of anilines is 1. The lowest BCUT2D eigenvalue weighted by molar-refractivity contribution is 0.598. The zero-order valence-corrected chi connectivity index (χ0v) is 12.0. The molecule has 1 heterocycles. The number of nitrogens with zero attached hydrogens (tertiary/aromatic N) is 1. The van der Waals surface area contributed by atoms with Gasteiger partial charge in [0.05, 0.1) is 18.0 Å². The van der Waals surface area contributed by atoms with Crippen LogP contribution >= 0.6 is 0 Å². The van der Waals surface area contributed by atoms with Crippen molar-refractivity contribution in [1.29, 1.82) is 0 Å². The lowest BCUT2D eigenvalue weighted by Crippen LogP contribution is -2.25. The summed E-state index contributed by atoms with van der Waals surface area (Å²) in [5, 5.41) is 0. The fraction of sp³-hybridized carbons (Fsp3) is 0.429. The lowest BCUT2D eigenvalue weighted by atomic mass is 10.1. The van der Waals surface area contributed by atoms with Crippen LogP contribution in [0.15, 0.2) is 18.2 Å². The first-order chi connectivity index (χ1) is 8.92. The van der Waals surface area contributed by atoms with Gasteiger partial charge >= 0.3 is 0 Å². The highest BCUT2D eigenvalue weighted by molar-refractivity contribution is 7.93. The van der Waals surface area contributed by atoms with Gasteiger partial charge in [-0.25, -0.2) is 8.42 Å². The first kappa shape index (κ1) is 13.9. The van der Waals surface area contributed by atoms with E-state index in [0.29, 0.717) is 18.8 Å². The monoisotopic (exact) mass is 278 g/mol. The molecule has 2 rings (SSSR count). The van der Waals surface area contributed by atoms with Crippen LogP contribution in [0.2, 0.25) is 0 Å². The minimum atomic E-state index is -3.18. The summed E-state index contributed by atoms with van der Waals surface area (Å²) in [7, 11) is -3.18. The maximum Gasteiger partial charge on any atom is 0.235 e. The second kappa shape index (κ2) is 5.24. The minimum absolute atomic E-state index is 0.157. The summed E-state index contributed by atoms with van der Waals surface area (Å²) in [6.45, 7) is 4.71. The fourth-order valence-electron chi connectivity index (χ4n) is 2.30. The highest BCUT2D eigenvalue weighted by Gasteiger charge is 2.33. The quantitative estimate of drug-likeness (QED) is 0.782. The van der Waals surface area contributed by atoms with Gasteiger partial charge in [0, 0.05) is 12.1 Å². The molecule has 1 aromatic rings. The van der Waals surface area contributed by atoms with Crippen molar-refractivity contribution in [3.05, 3.63) is 29.3 Å². The van der Waals surface area contributed by atoms with Crippen LogP contribution in [0.4, 0.5) is 5.69 Å². The fourth-order valence-corrected chi connectivity index (χ4v) is 4.21. The molecule has 1 aromatic carbocycles. The van der Waals surface area contributed by atoms with E-state index in [0.717, 1.165) is 11.1 Å². The molecule has 0 amide bonds. The molecule has 1 unspecified atom stereocenters. The normalized spacial score (nSPS) is 21.0. The van der Waals surface area contributed by atoms with Gasteiger partial charge in [-0.1, -0.05) is 18.8 Å². The highest BCUT2D eigenvalue weighted by atomic mass is 32.2. The molecule has 5 heteroatoms. The summed E-state index contributed by atoms with van der Waals surface area (Å²) in [6, 6.07) is 5.62. The maximum absolute atomic E-state index is 12.1. The standard InChI is InChI=1S/C14H18N2O2S/c1-11-6-13(4-3-5-15)8-14(7-11)16-9-12(2)10-19(16,17)18/h6-8,12H,5,9-10,15H2,1-2H3. The Labute approximate surface area is 114 Å². The van der Waals surface area contributed by atoms with Crippen LogP contribution in [0.5, 0.6) is 0 Å². The van der Waals surface area contributed by atoms with E-state index < -0.39 is 10.0 Å². The van der Waals surface area contributed by atoms with Crippen LogP contribution < -0.4 is 10.0 Å². The highest BCUT2D eigenvalue weighted by Crippen LogP contribution is 2.28. The number of aryl methyl sites for hydroxylation is 1. The lowest BCUT2D eigenvalue weighted by Gasteiger charge is -2.18. The number of hydrogen-bond acceptors (Lipinski definition) is 3. The molecule has 102 valence electrons. The van der Waals surface area contributed by atoms with E-state index in [1.54, 1.807) is 0 Å². The largest absolute Gasteiger partial charge is 0.320 e. The Hall–Kier alpha value is -1.51. The second-order valence-electron chi connectivity index (χ2n) is 4.98. The van der Waals surface area contributed by atoms with Gasteiger partial charge in [-0.05, 0) is 36.6 Å². The van der Waals surface area contributed by atoms with Gasteiger partial charge in [-0.3, -0.25) is 4.31 Å². The van der Waals surface area contributed by atoms with E-state index in [9.17, 15) is 8.42 Å². The van der Waals surface area contributed by atoms with Gasteiger partial charge in [0.15, 0.2) is 0 Å².